The normalized spacial score (nSPS) is 14.3. The van der Waals surface area contributed by atoms with Crippen LogP contribution in [-0.4, -0.2) is 25.7 Å². The number of fused-ring (bicyclic) bond motifs is 1. The van der Waals surface area contributed by atoms with Crippen LogP contribution < -0.4 is 5.32 Å². The maximum Gasteiger partial charge on any atom is 0.531 e. The third kappa shape index (κ3) is 3.56. The van der Waals surface area contributed by atoms with Gasteiger partial charge in [-0.3, -0.25) is 9.05 Å². The lowest BCUT2D eigenvalue weighted by Gasteiger charge is -2.21. The van der Waals surface area contributed by atoms with Crippen LogP contribution in [0.4, 0.5) is 11.4 Å². The van der Waals surface area contributed by atoms with Gasteiger partial charge in [-0.05, 0) is 26.0 Å². The van der Waals surface area contributed by atoms with Gasteiger partial charge < -0.3 is 9.84 Å². The molecular formula is C12H17N2O4P. The monoisotopic (exact) mass is 284 g/mol. The number of anilines is 1. The molecule has 7 heteroatoms. The first-order chi connectivity index (χ1) is 9.17. The van der Waals surface area contributed by atoms with E-state index in [2.05, 4.69) is 10.3 Å². The molecule has 0 aromatic heterocycles. The van der Waals surface area contributed by atoms with E-state index < -0.39 is 7.82 Å². The summed E-state index contributed by atoms with van der Waals surface area (Å²) in [6, 6.07) is 7.55. The fraction of sp³-hybridized carbons (Fsp3) is 0.417. The van der Waals surface area contributed by atoms with Crippen molar-refractivity contribution >= 4 is 25.1 Å². The Morgan fingerprint density at radius 2 is 1.95 bits per heavy atom. The van der Waals surface area contributed by atoms with Crippen LogP contribution in [-0.2, 0) is 18.1 Å². The van der Waals surface area contributed by atoms with Gasteiger partial charge in [0, 0.05) is 0 Å². The van der Waals surface area contributed by atoms with Gasteiger partial charge in [-0.1, -0.05) is 12.1 Å². The molecule has 1 aromatic rings. The second-order valence-electron chi connectivity index (χ2n) is 3.75. The Balaban J connectivity index is 2.15. The molecule has 1 heterocycles. The minimum Gasteiger partial charge on any atom is -0.388 e. The Morgan fingerprint density at radius 3 is 2.63 bits per heavy atom. The van der Waals surface area contributed by atoms with Crippen LogP contribution in [0, 0.1) is 0 Å². The van der Waals surface area contributed by atoms with Crippen LogP contribution in [0.5, 0.6) is 0 Å². The maximum absolute atomic E-state index is 12.2. The summed E-state index contributed by atoms with van der Waals surface area (Å²) >= 11 is 0. The average molecular weight is 284 g/mol. The Hall–Kier alpha value is -1.36. The number of phosphoric acid groups is 1. The lowest BCUT2D eigenvalue weighted by atomic mass is 10.2. The zero-order valence-corrected chi connectivity index (χ0v) is 11.9. The van der Waals surface area contributed by atoms with Crippen molar-refractivity contribution in [1.29, 1.82) is 0 Å². The maximum atomic E-state index is 12.2. The fourth-order valence-corrected chi connectivity index (χ4v) is 2.83. The highest BCUT2D eigenvalue weighted by Crippen LogP contribution is 2.50. The zero-order chi connectivity index (χ0) is 13.7. The minimum atomic E-state index is -3.57. The van der Waals surface area contributed by atoms with Gasteiger partial charge in [0.25, 0.3) is 0 Å². The molecule has 0 atom stereocenters. The van der Waals surface area contributed by atoms with Gasteiger partial charge in [0.2, 0.25) is 5.90 Å². The van der Waals surface area contributed by atoms with Gasteiger partial charge in [-0.25, -0.2) is 9.56 Å². The number of para-hydroxylation sites is 2. The zero-order valence-electron chi connectivity index (χ0n) is 11.0. The van der Waals surface area contributed by atoms with Crippen LogP contribution in [0.3, 0.4) is 0 Å². The summed E-state index contributed by atoms with van der Waals surface area (Å²) in [7, 11) is -3.57. The summed E-state index contributed by atoms with van der Waals surface area (Å²) in [5.74, 6) is 0.295. The Kier molecular flexibility index (Phi) is 4.58. The molecule has 104 valence electrons. The standard InChI is InChI=1S/C12H17N2O4P/c1-3-16-19(15,17-4-2)18-12-9-13-10-7-5-6-8-11(10)14-12/h5-8,13H,3-4,9H2,1-2H3. The molecule has 1 N–H and O–H groups in total. The molecule has 0 aliphatic carbocycles. The van der Waals surface area contributed by atoms with Crippen molar-refractivity contribution in [3.63, 3.8) is 0 Å². The summed E-state index contributed by atoms with van der Waals surface area (Å²) < 4.78 is 27.7. The third-order valence-electron chi connectivity index (χ3n) is 2.37. The molecule has 19 heavy (non-hydrogen) atoms. The largest absolute Gasteiger partial charge is 0.531 e. The molecule has 0 unspecified atom stereocenters. The van der Waals surface area contributed by atoms with Gasteiger partial charge in [-0.15, -0.1) is 0 Å². The number of rotatable bonds is 5. The van der Waals surface area contributed by atoms with Gasteiger partial charge in [0.15, 0.2) is 0 Å². The van der Waals surface area contributed by atoms with Crippen molar-refractivity contribution in [3.05, 3.63) is 24.3 Å². The summed E-state index contributed by atoms with van der Waals surface area (Å²) in [4.78, 5) is 4.29. The second-order valence-corrected chi connectivity index (χ2v) is 5.34. The van der Waals surface area contributed by atoms with E-state index in [-0.39, 0.29) is 13.2 Å². The summed E-state index contributed by atoms with van der Waals surface area (Å²) in [5, 5.41) is 3.13. The molecule has 1 aromatic carbocycles. The van der Waals surface area contributed by atoms with Crippen LogP contribution >= 0.6 is 7.82 Å². The van der Waals surface area contributed by atoms with Gasteiger partial charge in [0.05, 0.1) is 31.1 Å². The van der Waals surface area contributed by atoms with Gasteiger partial charge >= 0.3 is 7.82 Å². The van der Waals surface area contributed by atoms with E-state index in [0.717, 1.165) is 11.4 Å². The van der Waals surface area contributed by atoms with Crippen molar-refractivity contribution in [3.8, 4) is 0 Å². The molecule has 1 aliphatic rings. The molecule has 0 amide bonds. The number of benzene rings is 1. The van der Waals surface area contributed by atoms with Crippen molar-refractivity contribution in [2.45, 2.75) is 13.8 Å². The highest BCUT2D eigenvalue weighted by atomic mass is 31.2. The first-order valence-corrected chi connectivity index (χ1v) is 7.62. The molecule has 1 aliphatic heterocycles. The van der Waals surface area contributed by atoms with Gasteiger partial charge in [0.1, 0.15) is 0 Å². The molecule has 0 radical (unpaired) electrons. The van der Waals surface area contributed by atoms with Crippen LogP contribution in [0.15, 0.2) is 29.3 Å². The molecule has 0 spiro atoms. The predicted octanol–water partition coefficient (Wildman–Crippen LogP) is 3.34. The summed E-state index contributed by atoms with van der Waals surface area (Å²) in [6.07, 6.45) is 0. The highest BCUT2D eigenvalue weighted by molar-refractivity contribution is 7.49. The van der Waals surface area contributed by atoms with E-state index in [1.165, 1.54) is 0 Å². The van der Waals surface area contributed by atoms with E-state index in [1.807, 2.05) is 24.3 Å². The molecule has 0 fully saturated rings. The van der Waals surface area contributed by atoms with Crippen molar-refractivity contribution in [2.75, 3.05) is 25.1 Å². The minimum absolute atomic E-state index is 0.245. The lowest BCUT2D eigenvalue weighted by Crippen LogP contribution is -2.20. The quantitative estimate of drug-likeness (QED) is 0.840. The van der Waals surface area contributed by atoms with Crippen molar-refractivity contribution in [1.82, 2.24) is 0 Å². The number of phosphoric ester groups is 1. The topological polar surface area (TPSA) is 69.2 Å². The van der Waals surface area contributed by atoms with E-state index >= 15 is 0 Å². The molecule has 0 saturated heterocycles. The number of hydrogen-bond donors (Lipinski definition) is 1. The van der Waals surface area contributed by atoms with Crippen LogP contribution in [0.1, 0.15) is 13.8 Å². The van der Waals surface area contributed by atoms with Crippen molar-refractivity contribution in [2.24, 2.45) is 4.99 Å². The molecular weight excluding hydrogens is 267 g/mol. The van der Waals surface area contributed by atoms with Gasteiger partial charge in [-0.2, -0.15) is 0 Å². The molecule has 2 rings (SSSR count). The first kappa shape index (κ1) is 14.1. The van der Waals surface area contributed by atoms with E-state index in [0.29, 0.717) is 12.4 Å². The molecule has 0 saturated carbocycles. The molecule has 0 bridgehead atoms. The van der Waals surface area contributed by atoms with E-state index in [4.69, 9.17) is 13.6 Å². The van der Waals surface area contributed by atoms with E-state index in [9.17, 15) is 4.57 Å². The predicted molar refractivity (Wildman–Crippen MR) is 74.0 cm³/mol. The Morgan fingerprint density at radius 1 is 1.26 bits per heavy atom. The average Bonchev–Trinajstić information content (AvgIpc) is 2.39. The van der Waals surface area contributed by atoms with Crippen LogP contribution in [0.25, 0.3) is 0 Å². The smallest absolute Gasteiger partial charge is 0.388 e. The second kappa shape index (κ2) is 6.19. The van der Waals surface area contributed by atoms with Crippen LogP contribution in [0.2, 0.25) is 0 Å². The number of aliphatic imine (C=N–C) groups is 1. The summed E-state index contributed by atoms with van der Waals surface area (Å²) in [5.41, 5.74) is 1.65. The van der Waals surface area contributed by atoms with E-state index in [1.54, 1.807) is 13.8 Å². The summed E-state index contributed by atoms with van der Waals surface area (Å²) in [6.45, 7) is 4.29. The first-order valence-electron chi connectivity index (χ1n) is 6.16. The van der Waals surface area contributed by atoms with Crippen molar-refractivity contribution < 1.29 is 18.1 Å². The number of nitrogens with zero attached hydrogens (tertiary/aromatic N) is 1. The fourth-order valence-electron chi connectivity index (χ4n) is 1.65. The Bertz CT molecular complexity index is 508. The number of nitrogens with one attached hydrogen (secondary N) is 1. The highest BCUT2D eigenvalue weighted by Gasteiger charge is 2.30. The third-order valence-corrected chi connectivity index (χ3v) is 3.95. The lowest BCUT2D eigenvalue weighted by molar-refractivity contribution is 0.164. The Labute approximate surface area is 112 Å². The SMILES string of the molecule is CCOP(=O)(OCC)OC1=Nc2ccccc2NC1. The molecule has 6 nitrogen and oxygen atoms in total. The number of hydrogen-bond acceptors (Lipinski definition) is 6.